The van der Waals surface area contributed by atoms with E-state index in [9.17, 15) is 13.2 Å². The summed E-state index contributed by atoms with van der Waals surface area (Å²) in [6.45, 7) is 0. The van der Waals surface area contributed by atoms with Crippen LogP contribution in [0.4, 0.5) is 13.2 Å². The van der Waals surface area contributed by atoms with E-state index in [2.05, 4.69) is 15.1 Å². The van der Waals surface area contributed by atoms with Crippen LogP contribution < -0.4 is 9.47 Å². The van der Waals surface area contributed by atoms with Gasteiger partial charge in [0.05, 0.1) is 31.0 Å². The maximum Gasteiger partial charge on any atom is 0.255 e. The Morgan fingerprint density at radius 3 is 2.29 bits per heavy atom. The van der Waals surface area contributed by atoms with Gasteiger partial charge in [0.2, 0.25) is 5.88 Å². The number of benzene rings is 1. The molecule has 0 spiro atoms. The Morgan fingerprint density at radius 1 is 1.00 bits per heavy atom. The van der Waals surface area contributed by atoms with Crippen LogP contribution in [0.5, 0.6) is 11.6 Å². The summed E-state index contributed by atoms with van der Waals surface area (Å²) < 4.78 is 55.3. The van der Waals surface area contributed by atoms with Gasteiger partial charge in [-0.05, 0) is 25.7 Å². The number of fused-ring (bicyclic) bond motifs is 1. The number of nitrogens with zero attached hydrogens (tertiary/aromatic N) is 4. The quantitative estimate of drug-likeness (QED) is 0.670. The highest BCUT2D eigenvalue weighted by Crippen LogP contribution is 2.44. The van der Waals surface area contributed by atoms with Crippen molar-refractivity contribution in [2.45, 2.75) is 37.8 Å². The minimum atomic E-state index is -0.871. The molecular weight excluding hydrogens is 373 g/mol. The SMILES string of the molecule is COc1cc(F)c(-c2c(OC)nc3ncnn3c2[C@H]2CC[C@@H](F)CC2)c(F)c1. The Hall–Kier alpha value is -2.84. The molecule has 0 aliphatic heterocycles. The maximum atomic E-state index is 14.9. The van der Waals surface area contributed by atoms with Crippen LogP contribution in [0.1, 0.15) is 37.3 Å². The molecule has 0 N–H and O–H groups in total. The molecule has 0 amide bonds. The second kappa shape index (κ2) is 7.29. The fourth-order valence-electron chi connectivity index (χ4n) is 3.84. The van der Waals surface area contributed by atoms with E-state index in [1.807, 2.05) is 0 Å². The van der Waals surface area contributed by atoms with Crippen LogP contribution in [0.2, 0.25) is 0 Å². The summed E-state index contributed by atoms with van der Waals surface area (Å²) in [7, 11) is 2.71. The molecule has 0 unspecified atom stereocenters. The molecule has 4 rings (SSSR count). The van der Waals surface area contributed by atoms with Crippen LogP contribution in [0.15, 0.2) is 18.5 Å². The number of hydrogen-bond donors (Lipinski definition) is 0. The lowest BCUT2D eigenvalue weighted by Gasteiger charge is -2.27. The zero-order valence-electron chi connectivity index (χ0n) is 15.5. The van der Waals surface area contributed by atoms with Gasteiger partial charge in [-0.15, -0.1) is 0 Å². The molecule has 2 heterocycles. The standard InChI is InChI=1S/C19H19F3N4O2/c1-27-12-7-13(21)15(14(22)8-12)16-17(10-3-5-11(20)6-4-10)26-19(23-9-24-26)25-18(16)28-2/h7-11H,3-6H2,1-2H3/t10-,11+. The second-order valence-electron chi connectivity index (χ2n) is 6.77. The van der Waals surface area contributed by atoms with E-state index in [4.69, 9.17) is 9.47 Å². The zero-order chi connectivity index (χ0) is 19.8. The first kappa shape index (κ1) is 18.5. The number of rotatable bonds is 4. The minimum Gasteiger partial charge on any atom is -0.497 e. The number of hydrogen-bond acceptors (Lipinski definition) is 5. The summed E-state index contributed by atoms with van der Waals surface area (Å²) in [5.74, 6) is -1.42. The molecule has 1 aliphatic carbocycles. The number of methoxy groups -OCH3 is 2. The van der Waals surface area contributed by atoms with Gasteiger partial charge in [0, 0.05) is 18.1 Å². The smallest absolute Gasteiger partial charge is 0.255 e. The molecule has 1 fully saturated rings. The molecule has 1 aliphatic rings. The highest BCUT2D eigenvalue weighted by Gasteiger charge is 2.32. The van der Waals surface area contributed by atoms with Crippen molar-refractivity contribution >= 4 is 5.78 Å². The van der Waals surface area contributed by atoms with Crippen LogP contribution in [0.3, 0.4) is 0 Å². The molecule has 0 atom stereocenters. The van der Waals surface area contributed by atoms with Gasteiger partial charge in [0.1, 0.15) is 29.9 Å². The topological polar surface area (TPSA) is 61.5 Å². The Labute approximate surface area is 159 Å². The van der Waals surface area contributed by atoms with Gasteiger partial charge in [-0.25, -0.2) is 17.7 Å². The van der Waals surface area contributed by atoms with Crippen molar-refractivity contribution in [3.63, 3.8) is 0 Å². The van der Waals surface area contributed by atoms with Crippen molar-refractivity contribution < 1.29 is 22.6 Å². The Kier molecular flexibility index (Phi) is 4.82. The van der Waals surface area contributed by atoms with E-state index in [1.54, 1.807) is 0 Å². The van der Waals surface area contributed by atoms with Crippen LogP contribution in [0, 0.1) is 11.6 Å². The monoisotopic (exact) mass is 392 g/mol. The third kappa shape index (κ3) is 3.04. The summed E-state index contributed by atoms with van der Waals surface area (Å²) in [5.41, 5.74) is 0.412. The van der Waals surface area contributed by atoms with Gasteiger partial charge in [0.25, 0.3) is 5.78 Å². The molecule has 0 saturated heterocycles. The minimum absolute atomic E-state index is 0.0424. The van der Waals surface area contributed by atoms with Crippen molar-refractivity contribution in [2.24, 2.45) is 0 Å². The molecule has 0 radical (unpaired) electrons. The molecule has 28 heavy (non-hydrogen) atoms. The van der Waals surface area contributed by atoms with E-state index in [0.29, 0.717) is 31.4 Å². The second-order valence-corrected chi connectivity index (χ2v) is 6.77. The molecule has 3 aromatic rings. The van der Waals surface area contributed by atoms with E-state index in [-0.39, 0.29) is 34.5 Å². The molecule has 2 aromatic heterocycles. The molecule has 1 aromatic carbocycles. The molecule has 1 saturated carbocycles. The van der Waals surface area contributed by atoms with Crippen molar-refractivity contribution in [1.82, 2.24) is 19.6 Å². The van der Waals surface area contributed by atoms with Crippen LogP contribution in [-0.4, -0.2) is 40.0 Å². The summed E-state index contributed by atoms with van der Waals surface area (Å²) in [6.07, 6.45) is 2.24. The van der Waals surface area contributed by atoms with Crippen molar-refractivity contribution in [3.05, 3.63) is 35.8 Å². The van der Waals surface area contributed by atoms with Crippen LogP contribution in [-0.2, 0) is 0 Å². The van der Waals surface area contributed by atoms with E-state index in [1.165, 1.54) is 25.1 Å². The van der Waals surface area contributed by atoms with Crippen molar-refractivity contribution in [1.29, 1.82) is 0 Å². The highest BCUT2D eigenvalue weighted by atomic mass is 19.1. The van der Waals surface area contributed by atoms with Crippen LogP contribution >= 0.6 is 0 Å². The largest absolute Gasteiger partial charge is 0.497 e. The summed E-state index contributed by atoms with van der Waals surface area (Å²) in [6, 6.07) is 2.21. The third-order valence-corrected chi connectivity index (χ3v) is 5.17. The lowest BCUT2D eigenvalue weighted by Crippen LogP contribution is -2.19. The highest BCUT2D eigenvalue weighted by molar-refractivity contribution is 5.74. The van der Waals surface area contributed by atoms with Gasteiger partial charge in [0.15, 0.2) is 0 Å². The lowest BCUT2D eigenvalue weighted by molar-refractivity contribution is 0.233. The zero-order valence-corrected chi connectivity index (χ0v) is 15.5. The lowest BCUT2D eigenvalue weighted by atomic mass is 9.83. The Morgan fingerprint density at radius 2 is 1.68 bits per heavy atom. The van der Waals surface area contributed by atoms with Crippen molar-refractivity contribution in [2.75, 3.05) is 14.2 Å². The van der Waals surface area contributed by atoms with E-state index < -0.39 is 17.8 Å². The van der Waals surface area contributed by atoms with Gasteiger partial charge in [-0.2, -0.15) is 15.1 Å². The Bertz CT molecular complexity index is 993. The van der Waals surface area contributed by atoms with E-state index in [0.717, 1.165) is 12.1 Å². The number of ether oxygens (including phenoxy) is 2. The Balaban J connectivity index is 2.01. The predicted octanol–water partition coefficient (Wildman–Crippen LogP) is 4.08. The first-order chi connectivity index (χ1) is 13.5. The molecule has 9 heteroatoms. The summed E-state index contributed by atoms with van der Waals surface area (Å²) in [5, 5.41) is 4.19. The molecule has 0 bridgehead atoms. The van der Waals surface area contributed by atoms with Gasteiger partial charge < -0.3 is 9.47 Å². The first-order valence-corrected chi connectivity index (χ1v) is 8.98. The van der Waals surface area contributed by atoms with E-state index >= 15 is 0 Å². The fourth-order valence-corrected chi connectivity index (χ4v) is 3.84. The normalized spacial score (nSPS) is 19.8. The average molecular weight is 392 g/mol. The average Bonchev–Trinajstić information content (AvgIpc) is 3.15. The number of halogens is 3. The fraction of sp³-hybridized carbons (Fsp3) is 0.421. The molecule has 148 valence electrons. The van der Waals surface area contributed by atoms with Crippen molar-refractivity contribution in [3.8, 4) is 22.8 Å². The van der Waals surface area contributed by atoms with Gasteiger partial charge in [-0.1, -0.05) is 0 Å². The summed E-state index contributed by atoms with van der Waals surface area (Å²) in [4.78, 5) is 8.34. The third-order valence-electron chi connectivity index (χ3n) is 5.17. The van der Waals surface area contributed by atoms with Crippen LogP contribution in [0.25, 0.3) is 16.9 Å². The van der Waals surface area contributed by atoms with Gasteiger partial charge in [-0.3, -0.25) is 0 Å². The number of aromatic nitrogens is 4. The maximum absolute atomic E-state index is 14.9. The summed E-state index contributed by atoms with van der Waals surface area (Å²) >= 11 is 0. The first-order valence-electron chi connectivity index (χ1n) is 8.98. The van der Waals surface area contributed by atoms with Gasteiger partial charge >= 0.3 is 0 Å². The predicted molar refractivity (Wildman–Crippen MR) is 95.3 cm³/mol. The molecular formula is C19H19F3N4O2. The molecule has 6 nitrogen and oxygen atoms in total. The number of alkyl halides is 1.